The fourth-order valence-electron chi connectivity index (χ4n) is 3.29. The first-order valence-corrected chi connectivity index (χ1v) is 13.0. The monoisotopic (exact) mass is 655 g/mol. The molecule has 18 heteroatoms. The molecule has 236 valence electrons. The molecule has 0 aliphatic rings. The van der Waals surface area contributed by atoms with Crippen LogP contribution in [0, 0.1) is 0 Å². The van der Waals surface area contributed by atoms with E-state index in [2.05, 4.69) is 15.1 Å². The summed E-state index contributed by atoms with van der Waals surface area (Å²) in [4.78, 5) is 45.5. The number of rotatable bonds is 5. The number of hydrogen-bond acceptors (Lipinski definition) is 9. The molecular formula is C27H19F6N5O6S. The van der Waals surface area contributed by atoms with Crippen LogP contribution < -0.4 is 0 Å². The number of halogens is 6. The highest BCUT2D eigenvalue weighted by Crippen LogP contribution is 2.32. The largest absolute Gasteiger partial charge is 0.490 e. The number of fused-ring (bicyclic) bond motifs is 1. The molecule has 1 aromatic carbocycles. The van der Waals surface area contributed by atoms with Crippen LogP contribution in [0.3, 0.4) is 0 Å². The lowest BCUT2D eigenvalue weighted by Gasteiger charge is -2.16. The average molecular weight is 656 g/mol. The number of amides is 1. The molecule has 4 aromatic heterocycles. The third-order valence-electron chi connectivity index (χ3n) is 5.33. The number of aliphatic carboxylic acids is 2. The zero-order valence-electron chi connectivity index (χ0n) is 22.6. The van der Waals surface area contributed by atoms with Crippen LogP contribution >= 0.6 is 11.3 Å². The van der Waals surface area contributed by atoms with Crippen LogP contribution in [0.2, 0.25) is 0 Å². The Labute approximate surface area is 252 Å². The SMILES string of the molecule is CN(Cc1ccccn1)C(=O)c1ccc2onc(-c3csc(-c4cccnc4)n3)c2c1.O=C(O)C(F)(F)F.O=C(O)C(F)(F)F. The quantitative estimate of drug-likeness (QED) is 0.217. The first-order valence-electron chi connectivity index (χ1n) is 12.1. The second-order valence-electron chi connectivity index (χ2n) is 8.61. The lowest BCUT2D eigenvalue weighted by Crippen LogP contribution is -2.26. The maximum Gasteiger partial charge on any atom is 0.490 e. The van der Waals surface area contributed by atoms with Gasteiger partial charge in [0.2, 0.25) is 0 Å². The molecule has 0 atom stereocenters. The van der Waals surface area contributed by atoms with Gasteiger partial charge in [0.1, 0.15) is 16.4 Å². The number of alkyl halides is 6. The Morgan fingerprint density at radius 2 is 1.60 bits per heavy atom. The van der Waals surface area contributed by atoms with Gasteiger partial charge in [0.15, 0.2) is 5.58 Å². The predicted octanol–water partition coefficient (Wildman–Crippen LogP) is 5.95. The molecule has 0 aliphatic carbocycles. The number of thiazole rings is 1. The van der Waals surface area contributed by atoms with Crippen molar-refractivity contribution < 1.29 is 55.5 Å². The van der Waals surface area contributed by atoms with E-state index in [0.717, 1.165) is 21.7 Å². The zero-order valence-corrected chi connectivity index (χ0v) is 23.4. The molecule has 45 heavy (non-hydrogen) atoms. The van der Waals surface area contributed by atoms with Crippen molar-refractivity contribution in [1.82, 2.24) is 25.0 Å². The Morgan fingerprint density at radius 3 is 2.16 bits per heavy atom. The Balaban J connectivity index is 0.000000331. The van der Waals surface area contributed by atoms with Crippen LogP contribution in [0.5, 0.6) is 0 Å². The molecule has 5 rings (SSSR count). The lowest BCUT2D eigenvalue weighted by atomic mass is 10.1. The van der Waals surface area contributed by atoms with E-state index in [-0.39, 0.29) is 5.91 Å². The van der Waals surface area contributed by atoms with E-state index in [4.69, 9.17) is 29.3 Å². The summed E-state index contributed by atoms with van der Waals surface area (Å²) in [5.41, 5.74) is 4.25. The van der Waals surface area contributed by atoms with Gasteiger partial charge >= 0.3 is 24.3 Å². The Kier molecular flexibility index (Phi) is 10.9. The second kappa shape index (κ2) is 14.4. The maximum absolute atomic E-state index is 13.0. The third kappa shape index (κ3) is 9.55. The number of carbonyl (C=O) groups excluding carboxylic acids is 1. The first kappa shape index (κ1) is 34.1. The highest BCUT2D eigenvalue weighted by atomic mass is 32.1. The first-order chi connectivity index (χ1) is 21.1. The number of aromatic nitrogens is 4. The fourth-order valence-corrected chi connectivity index (χ4v) is 4.08. The molecule has 0 aliphatic heterocycles. The van der Waals surface area contributed by atoms with E-state index < -0.39 is 24.3 Å². The molecule has 0 spiro atoms. The van der Waals surface area contributed by atoms with Crippen LogP contribution in [0.4, 0.5) is 26.3 Å². The summed E-state index contributed by atoms with van der Waals surface area (Å²) < 4.78 is 68.9. The third-order valence-corrected chi connectivity index (χ3v) is 6.22. The molecule has 4 heterocycles. The van der Waals surface area contributed by atoms with Gasteiger partial charge in [0.25, 0.3) is 5.91 Å². The van der Waals surface area contributed by atoms with Crippen molar-refractivity contribution in [3.63, 3.8) is 0 Å². The lowest BCUT2D eigenvalue weighted by molar-refractivity contribution is -0.193. The summed E-state index contributed by atoms with van der Waals surface area (Å²) in [6.07, 6.45) is -4.94. The molecule has 1 amide bonds. The number of pyridine rings is 2. The van der Waals surface area contributed by atoms with Crippen molar-refractivity contribution in [2.24, 2.45) is 0 Å². The number of carbonyl (C=O) groups is 3. The smallest absolute Gasteiger partial charge is 0.475 e. The van der Waals surface area contributed by atoms with E-state index in [1.807, 2.05) is 41.8 Å². The van der Waals surface area contributed by atoms with Crippen molar-refractivity contribution >= 4 is 40.2 Å². The second-order valence-corrected chi connectivity index (χ2v) is 9.47. The number of benzene rings is 1. The van der Waals surface area contributed by atoms with Crippen LogP contribution in [0.15, 0.2) is 77.0 Å². The molecule has 11 nitrogen and oxygen atoms in total. The molecule has 0 unspecified atom stereocenters. The van der Waals surface area contributed by atoms with Gasteiger partial charge in [-0.3, -0.25) is 14.8 Å². The van der Waals surface area contributed by atoms with Gasteiger partial charge in [-0.05, 0) is 42.5 Å². The predicted molar refractivity (Wildman–Crippen MR) is 146 cm³/mol. The summed E-state index contributed by atoms with van der Waals surface area (Å²) in [5.74, 6) is -5.62. The molecule has 0 radical (unpaired) electrons. The van der Waals surface area contributed by atoms with E-state index in [0.29, 0.717) is 29.1 Å². The summed E-state index contributed by atoms with van der Waals surface area (Å²) in [7, 11) is 1.76. The molecule has 2 N–H and O–H groups in total. The standard InChI is InChI=1S/C23H17N5O2S.2C2HF3O2/c1-28(13-17-6-2-3-10-25-17)23(29)15-7-8-20-18(11-15)21(27-30-20)19-14-31-22(26-19)16-5-4-9-24-12-16;2*3-2(4,5)1(6)7/h2-12,14H,13H2,1H3;2*(H,6,7). The molecule has 0 fully saturated rings. The molecule has 0 bridgehead atoms. The summed E-state index contributed by atoms with van der Waals surface area (Å²) in [5, 5.41) is 22.0. The van der Waals surface area contributed by atoms with Gasteiger partial charge in [-0.15, -0.1) is 11.3 Å². The molecular weight excluding hydrogens is 636 g/mol. The van der Waals surface area contributed by atoms with E-state index >= 15 is 0 Å². The Hall–Kier alpha value is -5.39. The van der Waals surface area contributed by atoms with Crippen LogP contribution in [0.1, 0.15) is 16.1 Å². The van der Waals surface area contributed by atoms with E-state index in [1.165, 1.54) is 11.3 Å². The van der Waals surface area contributed by atoms with Crippen molar-refractivity contribution in [3.8, 4) is 22.0 Å². The maximum atomic E-state index is 13.0. The molecule has 0 saturated carbocycles. The number of nitrogens with zero attached hydrogens (tertiary/aromatic N) is 5. The van der Waals surface area contributed by atoms with Crippen molar-refractivity contribution in [2.75, 3.05) is 7.05 Å². The zero-order chi connectivity index (χ0) is 33.4. The normalized spacial score (nSPS) is 11.1. The summed E-state index contributed by atoms with van der Waals surface area (Å²) >= 11 is 1.51. The minimum absolute atomic E-state index is 0.103. The summed E-state index contributed by atoms with van der Waals surface area (Å²) in [6.45, 7) is 0.425. The highest BCUT2D eigenvalue weighted by Gasteiger charge is 2.38. The molecule has 0 saturated heterocycles. The Morgan fingerprint density at radius 1 is 0.933 bits per heavy atom. The van der Waals surface area contributed by atoms with Gasteiger partial charge in [-0.1, -0.05) is 11.2 Å². The van der Waals surface area contributed by atoms with Crippen LogP contribution in [-0.4, -0.2) is 72.5 Å². The van der Waals surface area contributed by atoms with E-state index in [9.17, 15) is 31.1 Å². The minimum Gasteiger partial charge on any atom is -0.475 e. The van der Waals surface area contributed by atoms with Crippen molar-refractivity contribution in [2.45, 2.75) is 18.9 Å². The van der Waals surface area contributed by atoms with Crippen LogP contribution in [-0.2, 0) is 16.1 Å². The van der Waals surface area contributed by atoms with E-state index in [1.54, 1.807) is 42.7 Å². The fraction of sp³-hybridized carbons (Fsp3) is 0.148. The van der Waals surface area contributed by atoms with Crippen LogP contribution in [0.25, 0.3) is 32.9 Å². The van der Waals surface area contributed by atoms with Crippen molar-refractivity contribution in [3.05, 3.63) is 83.8 Å². The highest BCUT2D eigenvalue weighted by molar-refractivity contribution is 7.13. The number of carboxylic acids is 2. The van der Waals surface area contributed by atoms with Gasteiger partial charge in [0.05, 0.1) is 17.6 Å². The Bertz CT molecular complexity index is 1740. The van der Waals surface area contributed by atoms with Gasteiger partial charge in [-0.2, -0.15) is 26.3 Å². The van der Waals surface area contributed by atoms with Gasteiger partial charge in [0, 0.05) is 42.1 Å². The van der Waals surface area contributed by atoms with Gasteiger partial charge in [-0.25, -0.2) is 14.6 Å². The number of hydrogen-bond donors (Lipinski definition) is 2. The average Bonchev–Trinajstić information content (AvgIpc) is 3.64. The summed E-state index contributed by atoms with van der Waals surface area (Å²) in [6, 6.07) is 14.8. The minimum atomic E-state index is -5.08. The topological polar surface area (TPSA) is 160 Å². The molecule has 5 aromatic rings. The van der Waals surface area contributed by atoms with Gasteiger partial charge < -0.3 is 19.6 Å². The number of carboxylic acid groups (broad SMARTS) is 2. The van der Waals surface area contributed by atoms with Crippen molar-refractivity contribution in [1.29, 1.82) is 0 Å².